The van der Waals surface area contributed by atoms with Crippen molar-refractivity contribution in [3.05, 3.63) is 47.7 Å². The molecule has 1 saturated heterocycles. The van der Waals surface area contributed by atoms with Crippen molar-refractivity contribution in [2.24, 2.45) is 5.92 Å². The third kappa shape index (κ3) is 4.86. The predicted octanol–water partition coefficient (Wildman–Crippen LogP) is 3.97. The van der Waals surface area contributed by atoms with E-state index in [-0.39, 0.29) is 17.9 Å². The number of halogens is 3. The maximum Gasteiger partial charge on any atom is 0.417 e. The van der Waals surface area contributed by atoms with Crippen molar-refractivity contribution >= 4 is 11.7 Å². The predicted molar refractivity (Wildman–Crippen MR) is 108 cm³/mol. The Morgan fingerprint density at radius 3 is 2.48 bits per heavy atom. The molecular weight excluding hydrogens is 411 g/mol. The molecule has 1 N–H and O–H groups in total. The number of pyridine rings is 1. The summed E-state index contributed by atoms with van der Waals surface area (Å²) in [7, 11) is 0. The topological polar surface area (TPSA) is 63.7 Å². The van der Waals surface area contributed by atoms with Gasteiger partial charge in [0.1, 0.15) is 19.0 Å². The largest absolute Gasteiger partial charge is 0.486 e. The minimum atomic E-state index is -4.40. The number of hydrogen-bond acceptors (Lipinski definition) is 5. The lowest BCUT2D eigenvalue weighted by Gasteiger charge is -2.32. The Morgan fingerprint density at radius 1 is 1.13 bits per heavy atom. The highest BCUT2D eigenvalue weighted by atomic mass is 19.4. The lowest BCUT2D eigenvalue weighted by molar-refractivity contribution is -0.137. The van der Waals surface area contributed by atoms with Gasteiger partial charge in [-0.15, -0.1) is 0 Å². The van der Waals surface area contributed by atoms with Crippen LogP contribution in [0.2, 0.25) is 0 Å². The molecule has 2 aromatic rings. The van der Waals surface area contributed by atoms with Crippen molar-refractivity contribution in [3.63, 3.8) is 0 Å². The van der Waals surface area contributed by atoms with Gasteiger partial charge in [0.05, 0.1) is 11.6 Å². The second-order valence-electron chi connectivity index (χ2n) is 7.80. The van der Waals surface area contributed by atoms with Crippen LogP contribution in [-0.4, -0.2) is 37.2 Å². The highest BCUT2D eigenvalue weighted by Crippen LogP contribution is 2.33. The van der Waals surface area contributed by atoms with Crippen LogP contribution in [-0.2, 0) is 11.0 Å². The van der Waals surface area contributed by atoms with E-state index in [1.807, 2.05) is 30.0 Å². The van der Waals surface area contributed by atoms with Gasteiger partial charge in [0.2, 0.25) is 5.91 Å². The number of fused-ring (bicyclic) bond motifs is 1. The van der Waals surface area contributed by atoms with Gasteiger partial charge in [-0.1, -0.05) is 6.07 Å². The number of anilines is 1. The van der Waals surface area contributed by atoms with Crippen LogP contribution in [0.1, 0.15) is 36.9 Å². The number of carbonyl (C=O) groups excluding carboxylic acids is 1. The number of carbonyl (C=O) groups is 1. The van der Waals surface area contributed by atoms with Gasteiger partial charge in [-0.2, -0.15) is 13.2 Å². The molecule has 2 aliphatic rings. The molecule has 0 radical (unpaired) electrons. The van der Waals surface area contributed by atoms with E-state index in [4.69, 9.17) is 9.47 Å². The first-order chi connectivity index (χ1) is 14.8. The van der Waals surface area contributed by atoms with Crippen molar-refractivity contribution in [3.8, 4) is 11.5 Å². The van der Waals surface area contributed by atoms with Crippen molar-refractivity contribution in [2.75, 3.05) is 31.2 Å². The summed E-state index contributed by atoms with van der Waals surface area (Å²) in [5.41, 5.74) is 0.169. The van der Waals surface area contributed by atoms with E-state index in [2.05, 4.69) is 10.3 Å². The van der Waals surface area contributed by atoms with E-state index >= 15 is 0 Å². The third-order valence-electron chi connectivity index (χ3n) is 5.69. The van der Waals surface area contributed by atoms with E-state index in [0.29, 0.717) is 56.5 Å². The van der Waals surface area contributed by atoms with E-state index in [1.54, 1.807) is 0 Å². The maximum absolute atomic E-state index is 12.7. The summed E-state index contributed by atoms with van der Waals surface area (Å²) in [5, 5.41) is 3.06. The molecule has 2 aliphatic heterocycles. The fourth-order valence-electron chi connectivity index (χ4n) is 3.86. The monoisotopic (exact) mass is 435 g/mol. The zero-order chi connectivity index (χ0) is 22.0. The lowest BCUT2D eigenvalue weighted by atomic mass is 9.95. The molecule has 0 unspecified atom stereocenters. The van der Waals surface area contributed by atoms with E-state index in [0.717, 1.165) is 17.8 Å². The highest BCUT2D eigenvalue weighted by molar-refractivity contribution is 5.79. The maximum atomic E-state index is 12.7. The first-order valence-electron chi connectivity index (χ1n) is 10.3. The molecule has 3 heterocycles. The number of aromatic nitrogens is 1. The third-order valence-corrected chi connectivity index (χ3v) is 5.69. The van der Waals surface area contributed by atoms with Crippen LogP contribution in [0.4, 0.5) is 19.0 Å². The Balaban J connectivity index is 1.31. The smallest absolute Gasteiger partial charge is 0.417 e. The number of nitrogens with one attached hydrogen (secondary N) is 1. The Labute approximate surface area is 178 Å². The number of piperidine rings is 1. The number of ether oxygens (including phenoxy) is 2. The van der Waals surface area contributed by atoms with Crippen molar-refractivity contribution in [2.45, 2.75) is 32.0 Å². The number of rotatable bonds is 4. The van der Waals surface area contributed by atoms with Crippen LogP contribution >= 0.6 is 0 Å². The Hall–Kier alpha value is -2.97. The molecule has 1 atom stereocenters. The SMILES string of the molecule is C[C@@H](NC(=O)C1CCN(c2ccc(C(F)(F)F)cn2)CC1)c1ccc2c(c1)OCCO2. The summed E-state index contributed by atoms with van der Waals surface area (Å²) >= 11 is 0. The van der Waals surface area contributed by atoms with Crippen LogP contribution in [0.3, 0.4) is 0 Å². The first kappa shape index (κ1) is 21.3. The van der Waals surface area contributed by atoms with Crippen molar-refractivity contribution < 1.29 is 27.4 Å². The van der Waals surface area contributed by atoms with Gasteiger partial charge in [-0.05, 0) is 49.6 Å². The number of nitrogens with zero attached hydrogens (tertiary/aromatic N) is 2. The highest BCUT2D eigenvalue weighted by Gasteiger charge is 2.31. The summed E-state index contributed by atoms with van der Waals surface area (Å²) < 4.78 is 49.2. The van der Waals surface area contributed by atoms with Crippen LogP contribution < -0.4 is 19.7 Å². The average Bonchev–Trinajstić information content (AvgIpc) is 2.78. The molecule has 0 bridgehead atoms. The molecule has 1 aromatic carbocycles. The number of hydrogen-bond donors (Lipinski definition) is 1. The molecule has 9 heteroatoms. The fourth-order valence-corrected chi connectivity index (χ4v) is 3.86. The molecular formula is C22H24F3N3O3. The average molecular weight is 435 g/mol. The Bertz CT molecular complexity index is 926. The fraction of sp³-hybridized carbons (Fsp3) is 0.455. The zero-order valence-electron chi connectivity index (χ0n) is 17.1. The van der Waals surface area contributed by atoms with Crippen molar-refractivity contribution in [1.29, 1.82) is 0 Å². The summed E-state index contributed by atoms with van der Waals surface area (Å²) in [6.07, 6.45) is -2.32. The van der Waals surface area contributed by atoms with Crippen LogP contribution in [0.15, 0.2) is 36.5 Å². The molecule has 1 fully saturated rings. The summed E-state index contributed by atoms with van der Waals surface area (Å²) in [6.45, 7) is 4.08. The van der Waals surface area contributed by atoms with Gasteiger partial charge in [0.15, 0.2) is 11.5 Å². The molecule has 1 amide bonds. The second kappa shape index (κ2) is 8.64. The minimum Gasteiger partial charge on any atom is -0.486 e. The molecule has 0 saturated carbocycles. The van der Waals surface area contributed by atoms with E-state index in [9.17, 15) is 18.0 Å². The summed E-state index contributed by atoms with van der Waals surface area (Å²) in [5.74, 6) is 1.71. The van der Waals surface area contributed by atoms with Gasteiger partial charge < -0.3 is 19.7 Å². The quantitative estimate of drug-likeness (QED) is 0.788. The van der Waals surface area contributed by atoms with Crippen molar-refractivity contribution in [1.82, 2.24) is 10.3 Å². The van der Waals surface area contributed by atoms with E-state index in [1.165, 1.54) is 6.07 Å². The molecule has 0 spiro atoms. The first-order valence-corrected chi connectivity index (χ1v) is 10.3. The van der Waals surface area contributed by atoms with Crippen LogP contribution in [0.5, 0.6) is 11.5 Å². The van der Waals surface area contributed by atoms with Gasteiger partial charge in [-0.3, -0.25) is 4.79 Å². The van der Waals surface area contributed by atoms with Gasteiger partial charge in [-0.25, -0.2) is 4.98 Å². The minimum absolute atomic E-state index is 0.0255. The van der Waals surface area contributed by atoms with Gasteiger partial charge in [0.25, 0.3) is 0 Å². The van der Waals surface area contributed by atoms with Gasteiger partial charge >= 0.3 is 6.18 Å². The van der Waals surface area contributed by atoms with Gasteiger partial charge in [0, 0.05) is 25.2 Å². The van der Waals surface area contributed by atoms with Crippen LogP contribution in [0, 0.1) is 5.92 Å². The zero-order valence-corrected chi connectivity index (χ0v) is 17.1. The number of benzene rings is 1. The normalized spacial score (nSPS) is 17.9. The molecule has 1 aromatic heterocycles. The summed E-state index contributed by atoms with van der Waals surface area (Å²) in [6, 6.07) is 7.89. The second-order valence-corrected chi connectivity index (χ2v) is 7.80. The number of alkyl halides is 3. The molecule has 31 heavy (non-hydrogen) atoms. The van der Waals surface area contributed by atoms with Crippen LogP contribution in [0.25, 0.3) is 0 Å². The Morgan fingerprint density at radius 2 is 1.84 bits per heavy atom. The van der Waals surface area contributed by atoms with E-state index < -0.39 is 11.7 Å². The molecule has 6 nitrogen and oxygen atoms in total. The Kier molecular flexibility index (Phi) is 5.93. The molecule has 166 valence electrons. The molecule has 0 aliphatic carbocycles. The summed E-state index contributed by atoms with van der Waals surface area (Å²) in [4.78, 5) is 18.6. The standard InChI is InChI=1S/C22H24F3N3O3/c1-14(16-2-4-18-19(12-16)31-11-10-30-18)27-21(29)15-6-8-28(9-7-15)20-5-3-17(13-26-20)22(23,24)25/h2-5,12-15H,6-11H2,1H3,(H,27,29)/t14-/m1/s1. The number of amides is 1. The molecule has 4 rings (SSSR count). The lowest BCUT2D eigenvalue weighted by Crippen LogP contribution is -2.41.